The van der Waals surface area contributed by atoms with Crippen LogP contribution in [0, 0.1) is 6.92 Å². The molecule has 27 heavy (non-hydrogen) atoms. The molecular weight excluding hydrogens is 362 g/mol. The van der Waals surface area contributed by atoms with Gasteiger partial charge in [0.2, 0.25) is 5.82 Å². The molecule has 0 bridgehead atoms. The zero-order valence-electron chi connectivity index (χ0n) is 15.6. The molecule has 0 spiro atoms. The van der Waals surface area contributed by atoms with Crippen molar-refractivity contribution in [3.8, 4) is 0 Å². The zero-order chi connectivity index (χ0) is 18.5. The molecule has 0 saturated carbocycles. The van der Waals surface area contributed by atoms with Crippen molar-refractivity contribution in [3.63, 3.8) is 0 Å². The third-order valence-electron chi connectivity index (χ3n) is 5.66. The first-order valence-electron chi connectivity index (χ1n) is 9.70. The van der Waals surface area contributed by atoms with Crippen molar-refractivity contribution >= 4 is 33.1 Å². The summed E-state index contributed by atoms with van der Waals surface area (Å²) in [5.41, 5.74) is 2.11. The highest BCUT2D eigenvalue weighted by molar-refractivity contribution is 7.19. The average Bonchev–Trinajstić information content (AvgIpc) is 3.37. The highest BCUT2D eigenvalue weighted by atomic mass is 32.1. The number of thiophene rings is 1. The minimum absolute atomic E-state index is 0.103. The second-order valence-corrected chi connectivity index (χ2v) is 8.67. The third kappa shape index (κ3) is 2.82. The largest absolute Gasteiger partial charge is 0.376 e. The van der Waals surface area contributed by atoms with E-state index in [4.69, 9.17) is 9.72 Å². The normalized spacial score (nSPS) is 22.4. The molecule has 1 fully saturated rings. The number of nitrogens with one attached hydrogen (secondary N) is 1. The van der Waals surface area contributed by atoms with Gasteiger partial charge in [-0.05, 0) is 50.5 Å². The Morgan fingerprint density at radius 2 is 2.22 bits per heavy atom. The molecule has 1 aliphatic carbocycles. The smallest absolute Gasteiger partial charge is 0.291 e. The molecule has 3 aromatic heterocycles. The number of aromatic nitrogens is 4. The van der Waals surface area contributed by atoms with Crippen LogP contribution in [0.1, 0.15) is 65.4 Å². The van der Waals surface area contributed by atoms with E-state index in [9.17, 15) is 4.79 Å². The SMILES string of the molecule is Cc1nc2sc3c(c2c2nc(C(=O)NC[C@H]4CCCO4)nn12)[C@@H](C)CCC3. The summed E-state index contributed by atoms with van der Waals surface area (Å²) in [6, 6.07) is 0. The lowest BCUT2D eigenvalue weighted by molar-refractivity contribution is 0.0849. The van der Waals surface area contributed by atoms with Gasteiger partial charge in [-0.25, -0.2) is 9.97 Å². The molecule has 1 aliphatic heterocycles. The fourth-order valence-corrected chi connectivity index (χ4v) is 5.65. The van der Waals surface area contributed by atoms with Gasteiger partial charge in [-0.3, -0.25) is 4.79 Å². The van der Waals surface area contributed by atoms with Crippen LogP contribution in [0.15, 0.2) is 0 Å². The van der Waals surface area contributed by atoms with Crippen LogP contribution in [0.4, 0.5) is 0 Å². The average molecular weight is 385 g/mol. The van der Waals surface area contributed by atoms with E-state index in [0.29, 0.717) is 12.5 Å². The Kier molecular flexibility index (Phi) is 4.12. The number of carbonyl (C=O) groups excluding carboxylic acids is 1. The summed E-state index contributed by atoms with van der Waals surface area (Å²) < 4.78 is 7.29. The van der Waals surface area contributed by atoms with Crippen molar-refractivity contribution in [3.05, 3.63) is 22.1 Å². The van der Waals surface area contributed by atoms with Crippen LogP contribution >= 0.6 is 11.3 Å². The quantitative estimate of drug-likeness (QED) is 0.750. The number of rotatable bonds is 3. The van der Waals surface area contributed by atoms with Crippen LogP contribution < -0.4 is 5.32 Å². The number of aryl methyl sites for hydroxylation is 2. The number of hydrogen-bond donors (Lipinski definition) is 1. The summed E-state index contributed by atoms with van der Waals surface area (Å²) in [7, 11) is 0. The topological polar surface area (TPSA) is 81.4 Å². The van der Waals surface area contributed by atoms with Crippen molar-refractivity contribution in [1.29, 1.82) is 0 Å². The fourth-order valence-electron chi connectivity index (χ4n) is 4.27. The lowest BCUT2D eigenvalue weighted by Crippen LogP contribution is -2.32. The molecule has 1 saturated heterocycles. The Balaban J connectivity index is 1.55. The van der Waals surface area contributed by atoms with E-state index < -0.39 is 0 Å². The Labute approximate surface area is 161 Å². The van der Waals surface area contributed by atoms with E-state index in [1.54, 1.807) is 15.9 Å². The Morgan fingerprint density at radius 3 is 3.04 bits per heavy atom. The van der Waals surface area contributed by atoms with Crippen molar-refractivity contribution < 1.29 is 9.53 Å². The fraction of sp³-hybridized carbons (Fsp3) is 0.579. The van der Waals surface area contributed by atoms with Crippen LogP contribution in [0.3, 0.4) is 0 Å². The van der Waals surface area contributed by atoms with Gasteiger partial charge < -0.3 is 10.1 Å². The molecule has 0 unspecified atom stereocenters. The van der Waals surface area contributed by atoms with Crippen LogP contribution in [0.25, 0.3) is 15.9 Å². The Morgan fingerprint density at radius 1 is 1.33 bits per heavy atom. The van der Waals surface area contributed by atoms with Crippen LogP contribution in [-0.4, -0.2) is 44.7 Å². The molecule has 1 N–H and O–H groups in total. The number of nitrogens with zero attached hydrogens (tertiary/aromatic N) is 4. The Bertz CT molecular complexity index is 1030. The summed E-state index contributed by atoms with van der Waals surface area (Å²) >= 11 is 1.77. The number of hydrogen-bond acceptors (Lipinski definition) is 6. The maximum Gasteiger partial charge on any atom is 0.291 e. The van der Waals surface area contributed by atoms with Crippen LogP contribution in [-0.2, 0) is 11.2 Å². The third-order valence-corrected chi connectivity index (χ3v) is 6.81. The second-order valence-electron chi connectivity index (χ2n) is 7.59. The molecule has 0 aromatic carbocycles. The van der Waals surface area contributed by atoms with E-state index in [2.05, 4.69) is 22.3 Å². The minimum atomic E-state index is -0.251. The lowest BCUT2D eigenvalue weighted by Gasteiger charge is -2.18. The molecular formula is C19H23N5O2S. The van der Waals surface area contributed by atoms with Gasteiger partial charge in [0.05, 0.1) is 11.5 Å². The molecule has 5 rings (SSSR count). The van der Waals surface area contributed by atoms with Gasteiger partial charge in [-0.1, -0.05) is 6.92 Å². The molecule has 2 aliphatic rings. The molecule has 1 amide bonds. The minimum Gasteiger partial charge on any atom is -0.376 e. The summed E-state index contributed by atoms with van der Waals surface area (Å²) in [4.78, 5) is 24.4. The highest BCUT2D eigenvalue weighted by Gasteiger charge is 2.27. The predicted octanol–water partition coefficient (Wildman–Crippen LogP) is 3.00. The molecule has 2 atom stereocenters. The van der Waals surface area contributed by atoms with Crippen molar-refractivity contribution in [2.24, 2.45) is 0 Å². The number of fused-ring (bicyclic) bond motifs is 5. The molecule has 0 radical (unpaired) electrons. The van der Waals surface area contributed by atoms with Gasteiger partial charge in [-0.2, -0.15) is 4.52 Å². The monoisotopic (exact) mass is 385 g/mol. The van der Waals surface area contributed by atoms with Gasteiger partial charge in [0.25, 0.3) is 5.91 Å². The van der Waals surface area contributed by atoms with E-state index in [0.717, 1.165) is 47.6 Å². The van der Waals surface area contributed by atoms with Crippen molar-refractivity contribution in [2.75, 3.05) is 13.2 Å². The summed E-state index contributed by atoms with van der Waals surface area (Å²) in [6.07, 6.45) is 5.65. The predicted molar refractivity (Wildman–Crippen MR) is 104 cm³/mol. The molecule has 3 aromatic rings. The molecule has 8 heteroatoms. The van der Waals surface area contributed by atoms with Gasteiger partial charge in [-0.15, -0.1) is 16.4 Å². The molecule has 7 nitrogen and oxygen atoms in total. The highest BCUT2D eigenvalue weighted by Crippen LogP contribution is 2.42. The first-order chi connectivity index (χ1) is 13.1. The van der Waals surface area contributed by atoms with Crippen LogP contribution in [0.2, 0.25) is 0 Å². The number of amides is 1. The van der Waals surface area contributed by atoms with Gasteiger partial charge >= 0.3 is 0 Å². The summed E-state index contributed by atoms with van der Waals surface area (Å²) in [6.45, 7) is 5.47. The van der Waals surface area contributed by atoms with E-state index in [-0.39, 0.29) is 17.8 Å². The van der Waals surface area contributed by atoms with E-state index >= 15 is 0 Å². The first-order valence-corrected chi connectivity index (χ1v) is 10.5. The maximum atomic E-state index is 12.6. The molecule has 4 heterocycles. The standard InChI is InChI=1S/C19H23N5O2S/c1-10-5-3-7-13-14(10)15-17-22-16(18(25)20-9-12-6-4-8-26-12)23-24(17)11(2)21-19(15)27-13/h10,12H,3-9H2,1-2H3,(H,20,25)/t10-,12+/m0/s1. The van der Waals surface area contributed by atoms with Crippen molar-refractivity contribution in [2.45, 2.75) is 58.0 Å². The number of carbonyl (C=O) groups is 1. The molecule has 142 valence electrons. The lowest BCUT2D eigenvalue weighted by atomic mass is 9.87. The first kappa shape index (κ1) is 17.1. The second kappa shape index (κ2) is 6.53. The zero-order valence-corrected chi connectivity index (χ0v) is 16.4. The summed E-state index contributed by atoms with van der Waals surface area (Å²) in [5.74, 6) is 1.20. The van der Waals surface area contributed by atoms with E-state index in [1.807, 2.05) is 6.92 Å². The van der Waals surface area contributed by atoms with Gasteiger partial charge in [0, 0.05) is 18.0 Å². The van der Waals surface area contributed by atoms with Crippen molar-refractivity contribution in [1.82, 2.24) is 24.9 Å². The van der Waals surface area contributed by atoms with Crippen LogP contribution in [0.5, 0.6) is 0 Å². The van der Waals surface area contributed by atoms with E-state index in [1.165, 1.54) is 23.3 Å². The van der Waals surface area contributed by atoms with Gasteiger partial charge in [0.1, 0.15) is 10.7 Å². The maximum absolute atomic E-state index is 12.6. The van der Waals surface area contributed by atoms with Gasteiger partial charge in [0.15, 0.2) is 5.65 Å². The Hall–Kier alpha value is -2.06. The summed E-state index contributed by atoms with van der Waals surface area (Å²) in [5, 5.41) is 8.45. The number of ether oxygens (including phenoxy) is 1.